The van der Waals surface area contributed by atoms with Gasteiger partial charge in [0.15, 0.2) is 11.5 Å². The van der Waals surface area contributed by atoms with E-state index >= 15 is 0 Å². The number of allylic oxidation sites excluding steroid dienone is 1. The molecule has 0 fully saturated rings. The van der Waals surface area contributed by atoms with Crippen molar-refractivity contribution in [1.82, 2.24) is 0 Å². The van der Waals surface area contributed by atoms with Gasteiger partial charge in [-0.15, -0.1) is 0 Å². The van der Waals surface area contributed by atoms with Crippen molar-refractivity contribution in [3.8, 4) is 11.5 Å². The molecule has 1 heterocycles. The van der Waals surface area contributed by atoms with E-state index in [2.05, 4.69) is 34.1 Å². The third-order valence-corrected chi connectivity index (χ3v) is 2.82. The summed E-state index contributed by atoms with van der Waals surface area (Å²) in [4.78, 5) is 0. The Kier molecular flexibility index (Phi) is 4.28. The number of halogens is 1. The van der Waals surface area contributed by atoms with Gasteiger partial charge in [-0.05, 0) is 24.1 Å². The van der Waals surface area contributed by atoms with Crippen LogP contribution in [-0.4, -0.2) is 18.5 Å². The third-order valence-electron chi connectivity index (χ3n) is 2.36. The van der Waals surface area contributed by atoms with Crippen LogP contribution in [0, 0.1) is 0 Å². The molecule has 86 valence electrons. The number of hydrogen-bond acceptors (Lipinski definition) is 2. The smallest absolute Gasteiger partial charge is 0.161 e. The second-order valence-corrected chi connectivity index (χ2v) is 4.43. The van der Waals surface area contributed by atoms with Crippen molar-refractivity contribution < 1.29 is 9.47 Å². The molecule has 1 aromatic carbocycles. The molecule has 0 N–H and O–H groups in total. The maximum absolute atomic E-state index is 5.63. The molecule has 2 nitrogen and oxygen atoms in total. The SMILES string of the molecule is BrCC/C=C/c1ccc2c(c1)OCCCO2. The molecule has 1 aliphatic heterocycles. The first-order chi connectivity index (χ1) is 7.90. The second kappa shape index (κ2) is 5.94. The number of rotatable bonds is 3. The molecule has 0 radical (unpaired) electrons. The van der Waals surface area contributed by atoms with Crippen LogP contribution in [0.25, 0.3) is 6.08 Å². The fourth-order valence-electron chi connectivity index (χ4n) is 1.57. The zero-order valence-electron chi connectivity index (χ0n) is 9.12. The third kappa shape index (κ3) is 3.01. The molecule has 1 aromatic rings. The van der Waals surface area contributed by atoms with Gasteiger partial charge >= 0.3 is 0 Å². The Labute approximate surface area is 104 Å². The van der Waals surface area contributed by atoms with Crippen LogP contribution in [0.1, 0.15) is 18.4 Å². The summed E-state index contributed by atoms with van der Waals surface area (Å²) in [6.07, 6.45) is 6.24. The van der Waals surface area contributed by atoms with Crippen LogP contribution in [0.4, 0.5) is 0 Å². The molecule has 0 unspecified atom stereocenters. The molecule has 2 rings (SSSR count). The molecule has 16 heavy (non-hydrogen) atoms. The summed E-state index contributed by atoms with van der Waals surface area (Å²) in [5, 5.41) is 0.994. The van der Waals surface area contributed by atoms with Gasteiger partial charge in [-0.25, -0.2) is 0 Å². The Morgan fingerprint density at radius 2 is 2.00 bits per heavy atom. The Bertz CT molecular complexity index is 374. The van der Waals surface area contributed by atoms with Gasteiger partial charge in [0, 0.05) is 11.8 Å². The van der Waals surface area contributed by atoms with Gasteiger partial charge in [-0.1, -0.05) is 34.1 Å². The number of alkyl halides is 1. The fourth-order valence-corrected chi connectivity index (χ4v) is 1.83. The molecule has 3 heteroatoms. The Balaban J connectivity index is 2.14. The van der Waals surface area contributed by atoms with Crippen molar-refractivity contribution >= 4 is 22.0 Å². The minimum Gasteiger partial charge on any atom is -0.490 e. The molecule has 0 aliphatic carbocycles. The second-order valence-electron chi connectivity index (χ2n) is 3.64. The number of ether oxygens (including phenoxy) is 2. The zero-order chi connectivity index (χ0) is 11.2. The zero-order valence-corrected chi connectivity index (χ0v) is 10.7. The van der Waals surface area contributed by atoms with E-state index in [1.807, 2.05) is 12.1 Å². The highest BCUT2D eigenvalue weighted by Crippen LogP contribution is 2.30. The maximum Gasteiger partial charge on any atom is 0.161 e. The number of hydrogen-bond donors (Lipinski definition) is 0. The minimum atomic E-state index is 0.738. The topological polar surface area (TPSA) is 18.5 Å². The molecular formula is C13H15BrO2. The van der Waals surface area contributed by atoms with E-state index in [0.29, 0.717) is 0 Å². The van der Waals surface area contributed by atoms with Gasteiger partial charge in [0.1, 0.15) is 0 Å². The largest absolute Gasteiger partial charge is 0.490 e. The van der Waals surface area contributed by atoms with Crippen LogP contribution in [0.5, 0.6) is 11.5 Å². The molecule has 0 amide bonds. The van der Waals surface area contributed by atoms with E-state index in [4.69, 9.17) is 9.47 Å². The van der Waals surface area contributed by atoms with E-state index in [0.717, 1.165) is 48.4 Å². The first-order valence-electron chi connectivity index (χ1n) is 5.52. The molecule has 0 spiro atoms. The Hall–Kier alpha value is -0.960. The highest BCUT2D eigenvalue weighted by atomic mass is 79.9. The van der Waals surface area contributed by atoms with Crippen LogP contribution in [0.3, 0.4) is 0 Å². The summed E-state index contributed by atoms with van der Waals surface area (Å²) in [5.41, 5.74) is 1.16. The summed E-state index contributed by atoms with van der Waals surface area (Å²) < 4.78 is 11.2. The molecule has 1 aliphatic rings. The van der Waals surface area contributed by atoms with Crippen LogP contribution >= 0.6 is 15.9 Å². The van der Waals surface area contributed by atoms with Crippen molar-refractivity contribution in [2.24, 2.45) is 0 Å². The van der Waals surface area contributed by atoms with Gasteiger partial charge in [-0.3, -0.25) is 0 Å². The van der Waals surface area contributed by atoms with Gasteiger partial charge in [-0.2, -0.15) is 0 Å². The van der Waals surface area contributed by atoms with Gasteiger partial charge in [0.05, 0.1) is 13.2 Å². The molecular weight excluding hydrogens is 268 g/mol. The highest BCUT2D eigenvalue weighted by molar-refractivity contribution is 9.09. The maximum atomic E-state index is 5.63. The van der Waals surface area contributed by atoms with Crippen LogP contribution < -0.4 is 9.47 Å². The average molecular weight is 283 g/mol. The summed E-state index contributed by atoms with van der Waals surface area (Å²) in [7, 11) is 0. The lowest BCUT2D eigenvalue weighted by Crippen LogP contribution is -1.97. The van der Waals surface area contributed by atoms with Crippen molar-refractivity contribution in [3.63, 3.8) is 0 Å². The Morgan fingerprint density at radius 1 is 1.19 bits per heavy atom. The molecule has 0 saturated carbocycles. The highest BCUT2D eigenvalue weighted by Gasteiger charge is 2.09. The standard InChI is InChI=1S/C13H15BrO2/c14-7-2-1-4-11-5-6-12-13(10-11)16-9-3-8-15-12/h1,4-6,10H,2-3,7-9H2/b4-1+. The molecule has 0 bridgehead atoms. The van der Waals surface area contributed by atoms with E-state index in [-0.39, 0.29) is 0 Å². The lowest BCUT2D eigenvalue weighted by Gasteiger charge is -2.07. The summed E-state index contributed by atoms with van der Waals surface area (Å²) >= 11 is 3.40. The monoisotopic (exact) mass is 282 g/mol. The first kappa shape index (κ1) is 11.5. The normalized spacial score (nSPS) is 15.1. The summed E-state index contributed by atoms with van der Waals surface area (Å²) in [6, 6.07) is 6.07. The van der Waals surface area contributed by atoms with Crippen LogP contribution in [-0.2, 0) is 0 Å². The molecule has 0 atom stereocenters. The average Bonchev–Trinajstić information content (AvgIpc) is 2.54. The van der Waals surface area contributed by atoms with E-state index in [1.165, 1.54) is 0 Å². The van der Waals surface area contributed by atoms with E-state index in [9.17, 15) is 0 Å². The minimum absolute atomic E-state index is 0.738. The number of fused-ring (bicyclic) bond motifs is 1. The fraction of sp³-hybridized carbons (Fsp3) is 0.385. The quantitative estimate of drug-likeness (QED) is 0.788. The van der Waals surface area contributed by atoms with E-state index in [1.54, 1.807) is 0 Å². The predicted octanol–water partition coefficient (Wildman–Crippen LogP) is 3.65. The van der Waals surface area contributed by atoms with E-state index < -0.39 is 0 Å². The predicted molar refractivity (Wildman–Crippen MR) is 69.5 cm³/mol. The van der Waals surface area contributed by atoms with Crippen LogP contribution in [0.2, 0.25) is 0 Å². The van der Waals surface area contributed by atoms with Gasteiger partial charge in [0.25, 0.3) is 0 Å². The molecule has 0 saturated heterocycles. The summed E-state index contributed by atoms with van der Waals surface area (Å²) in [5.74, 6) is 1.72. The van der Waals surface area contributed by atoms with Crippen LogP contribution in [0.15, 0.2) is 24.3 Å². The lowest BCUT2D eigenvalue weighted by molar-refractivity contribution is 0.297. The molecule has 0 aromatic heterocycles. The lowest BCUT2D eigenvalue weighted by atomic mass is 10.2. The Morgan fingerprint density at radius 3 is 2.81 bits per heavy atom. The van der Waals surface area contributed by atoms with Gasteiger partial charge < -0.3 is 9.47 Å². The van der Waals surface area contributed by atoms with Crippen molar-refractivity contribution in [3.05, 3.63) is 29.8 Å². The van der Waals surface area contributed by atoms with Crippen molar-refractivity contribution in [2.45, 2.75) is 12.8 Å². The van der Waals surface area contributed by atoms with Crippen molar-refractivity contribution in [1.29, 1.82) is 0 Å². The number of benzene rings is 1. The van der Waals surface area contributed by atoms with Crippen molar-refractivity contribution in [2.75, 3.05) is 18.5 Å². The first-order valence-corrected chi connectivity index (χ1v) is 6.64. The van der Waals surface area contributed by atoms with Gasteiger partial charge in [0.2, 0.25) is 0 Å². The summed E-state index contributed by atoms with van der Waals surface area (Å²) in [6.45, 7) is 1.48.